The predicted octanol–water partition coefficient (Wildman–Crippen LogP) is 2.70. The van der Waals surface area contributed by atoms with E-state index in [0.717, 1.165) is 5.75 Å². The third-order valence-corrected chi connectivity index (χ3v) is 2.58. The minimum atomic E-state index is -0.284. The monoisotopic (exact) mass is 271 g/mol. The van der Waals surface area contributed by atoms with E-state index in [2.05, 4.69) is 10.3 Å². The van der Waals surface area contributed by atoms with Crippen LogP contribution >= 0.6 is 0 Å². The highest BCUT2D eigenvalue weighted by atomic mass is 16.5. The molecule has 0 fully saturated rings. The zero-order valence-electron chi connectivity index (χ0n) is 11.5. The minimum absolute atomic E-state index is 0.116. The number of carbonyl (C=O) groups excluding carboxylic acids is 1. The van der Waals surface area contributed by atoms with Crippen LogP contribution in [0.1, 0.15) is 24.2 Å². The Hall–Kier alpha value is -2.56. The van der Waals surface area contributed by atoms with Gasteiger partial charge in [0.1, 0.15) is 5.75 Å². The van der Waals surface area contributed by atoms with Crippen molar-refractivity contribution in [2.45, 2.75) is 20.0 Å². The molecule has 2 aromatic rings. The zero-order chi connectivity index (χ0) is 14.5. The molecule has 1 aromatic carbocycles. The van der Waals surface area contributed by atoms with Crippen LogP contribution in [0.15, 0.2) is 42.7 Å². The van der Waals surface area contributed by atoms with Crippen molar-refractivity contribution < 1.29 is 9.53 Å². The first-order chi connectivity index (χ1) is 9.56. The van der Waals surface area contributed by atoms with Crippen molar-refractivity contribution in [2.75, 3.05) is 11.1 Å². The number of rotatable bonds is 4. The SMILES string of the molecule is CC(C)Oc1ccc(NC(=O)c2cnccc2N)cc1. The van der Waals surface area contributed by atoms with Crippen molar-refractivity contribution >= 4 is 17.3 Å². The average Bonchev–Trinajstić information content (AvgIpc) is 2.41. The number of hydrogen-bond donors (Lipinski definition) is 2. The molecule has 0 saturated carbocycles. The van der Waals surface area contributed by atoms with Crippen LogP contribution in [0, 0.1) is 0 Å². The highest BCUT2D eigenvalue weighted by Gasteiger charge is 2.09. The van der Waals surface area contributed by atoms with Crippen LogP contribution in [0.3, 0.4) is 0 Å². The standard InChI is InChI=1S/C15H17N3O2/c1-10(2)20-12-5-3-11(4-6-12)18-15(19)13-9-17-8-7-14(13)16/h3-10H,1-2H3,(H2,16,17)(H,18,19). The summed E-state index contributed by atoms with van der Waals surface area (Å²) in [4.78, 5) is 15.9. The number of nitrogens with one attached hydrogen (secondary N) is 1. The number of ether oxygens (including phenoxy) is 1. The Balaban J connectivity index is 2.07. The van der Waals surface area contributed by atoms with E-state index in [4.69, 9.17) is 10.5 Å². The largest absolute Gasteiger partial charge is 0.491 e. The maximum atomic E-state index is 12.0. The Morgan fingerprint density at radius 3 is 2.55 bits per heavy atom. The Morgan fingerprint density at radius 2 is 1.95 bits per heavy atom. The number of anilines is 2. The van der Waals surface area contributed by atoms with Crippen LogP contribution in [-0.2, 0) is 0 Å². The first kappa shape index (κ1) is 13.9. The molecule has 0 spiro atoms. The molecule has 20 heavy (non-hydrogen) atoms. The molecular weight excluding hydrogens is 254 g/mol. The number of carbonyl (C=O) groups is 1. The second kappa shape index (κ2) is 6.06. The number of pyridine rings is 1. The van der Waals surface area contributed by atoms with Gasteiger partial charge in [-0.1, -0.05) is 0 Å². The molecule has 1 heterocycles. The molecule has 3 N–H and O–H groups in total. The maximum absolute atomic E-state index is 12.0. The van der Waals surface area contributed by atoms with Crippen molar-refractivity contribution in [1.82, 2.24) is 4.98 Å². The van der Waals surface area contributed by atoms with E-state index in [-0.39, 0.29) is 12.0 Å². The van der Waals surface area contributed by atoms with Crippen molar-refractivity contribution in [3.63, 3.8) is 0 Å². The maximum Gasteiger partial charge on any atom is 0.259 e. The molecule has 104 valence electrons. The lowest BCUT2D eigenvalue weighted by Crippen LogP contribution is -2.14. The van der Waals surface area contributed by atoms with Gasteiger partial charge in [0, 0.05) is 23.8 Å². The summed E-state index contributed by atoms with van der Waals surface area (Å²) in [7, 11) is 0. The Morgan fingerprint density at radius 1 is 1.25 bits per heavy atom. The average molecular weight is 271 g/mol. The minimum Gasteiger partial charge on any atom is -0.491 e. The summed E-state index contributed by atoms with van der Waals surface area (Å²) >= 11 is 0. The molecule has 0 aliphatic carbocycles. The van der Waals surface area contributed by atoms with Gasteiger partial charge in [-0.3, -0.25) is 9.78 Å². The summed E-state index contributed by atoms with van der Waals surface area (Å²) in [5.74, 6) is 0.479. The van der Waals surface area contributed by atoms with Gasteiger partial charge >= 0.3 is 0 Å². The van der Waals surface area contributed by atoms with Crippen LogP contribution in [0.4, 0.5) is 11.4 Å². The smallest absolute Gasteiger partial charge is 0.259 e. The van der Waals surface area contributed by atoms with Crippen molar-refractivity contribution in [3.05, 3.63) is 48.3 Å². The normalized spacial score (nSPS) is 10.3. The Bertz CT molecular complexity index is 594. The molecule has 0 radical (unpaired) electrons. The second-order valence-corrected chi connectivity index (χ2v) is 4.61. The molecule has 0 aliphatic rings. The summed E-state index contributed by atoms with van der Waals surface area (Å²) in [6, 6.07) is 8.77. The number of aromatic nitrogens is 1. The van der Waals surface area contributed by atoms with Gasteiger partial charge in [0.15, 0.2) is 0 Å². The summed E-state index contributed by atoms with van der Waals surface area (Å²) in [5.41, 5.74) is 7.17. The highest BCUT2D eigenvalue weighted by Crippen LogP contribution is 2.18. The van der Waals surface area contributed by atoms with Crippen LogP contribution < -0.4 is 15.8 Å². The third kappa shape index (κ3) is 3.47. The van der Waals surface area contributed by atoms with Gasteiger partial charge in [-0.2, -0.15) is 0 Å². The molecule has 5 heteroatoms. The topological polar surface area (TPSA) is 77.2 Å². The Kier molecular flexibility index (Phi) is 4.20. The second-order valence-electron chi connectivity index (χ2n) is 4.61. The summed E-state index contributed by atoms with van der Waals surface area (Å²) in [5, 5.41) is 2.77. The molecule has 1 amide bonds. The first-order valence-electron chi connectivity index (χ1n) is 6.34. The number of nitrogens with two attached hydrogens (primary N) is 1. The van der Waals surface area contributed by atoms with E-state index in [9.17, 15) is 4.79 Å². The van der Waals surface area contributed by atoms with Gasteiger partial charge in [0.05, 0.1) is 11.7 Å². The van der Waals surface area contributed by atoms with Crippen LogP contribution in [0.25, 0.3) is 0 Å². The van der Waals surface area contributed by atoms with Gasteiger partial charge in [-0.25, -0.2) is 0 Å². The molecule has 0 saturated heterocycles. The van der Waals surface area contributed by atoms with Gasteiger partial charge in [0.25, 0.3) is 5.91 Å². The fourth-order valence-electron chi connectivity index (χ4n) is 1.68. The lowest BCUT2D eigenvalue weighted by atomic mass is 10.2. The molecule has 0 unspecified atom stereocenters. The van der Waals surface area contributed by atoms with E-state index >= 15 is 0 Å². The molecule has 0 aliphatic heterocycles. The van der Waals surface area contributed by atoms with Gasteiger partial charge in [0.2, 0.25) is 0 Å². The molecule has 2 rings (SSSR count). The molecule has 0 atom stereocenters. The summed E-state index contributed by atoms with van der Waals surface area (Å²) < 4.78 is 5.54. The third-order valence-electron chi connectivity index (χ3n) is 2.58. The number of amides is 1. The van der Waals surface area contributed by atoms with Gasteiger partial charge in [-0.05, 0) is 44.2 Å². The number of nitrogens with zero attached hydrogens (tertiary/aromatic N) is 1. The van der Waals surface area contributed by atoms with E-state index in [0.29, 0.717) is 16.9 Å². The molecular formula is C15H17N3O2. The van der Waals surface area contributed by atoms with E-state index in [1.807, 2.05) is 26.0 Å². The van der Waals surface area contributed by atoms with Crippen LogP contribution in [-0.4, -0.2) is 17.0 Å². The predicted molar refractivity (Wildman–Crippen MR) is 78.8 cm³/mol. The first-order valence-corrected chi connectivity index (χ1v) is 6.34. The number of hydrogen-bond acceptors (Lipinski definition) is 4. The van der Waals surface area contributed by atoms with Crippen molar-refractivity contribution in [2.24, 2.45) is 0 Å². The van der Waals surface area contributed by atoms with Gasteiger partial charge in [-0.15, -0.1) is 0 Å². The number of benzene rings is 1. The van der Waals surface area contributed by atoms with Crippen LogP contribution in [0.5, 0.6) is 5.75 Å². The lowest BCUT2D eigenvalue weighted by Gasteiger charge is -2.11. The van der Waals surface area contributed by atoms with Crippen LogP contribution in [0.2, 0.25) is 0 Å². The summed E-state index contributed by atoms with van der Waals surface area (Å²) in [6.45, 7) is 3.92. The van der Waals surface area contributed by atoms with E-state index in [1.165, 1.54) is 6.20 Å². The van der Waals surface area contributed by atoms with E-state index < -0.39 is 0 Å². The number of nitrogen functional groups attached to an aromatic ring is 1. The molecule has 0 bridgehead atoms. The zero-order valence-corrected chi connectivity index (χ0v) is 11.5. The molecule has 5 nitrogen and oxygen atoms in total. The van der Waals surface area contributed by atoms with E-state index in [1.54, 1.807) is 24.4 Å². The summed E-state index contributed by atoms with van der Waals surface area (Å²) in [6.07, 6.45) is 3.11. The fraction of sp³-hybridized carbons (Fsp3) is 0.200. The highest BCUT2D eigenvalue weighted by molar-refractivity contribution is 6.07. The quantitative estimate of drug-likeness (QED) is 0.896. The molecule has 1 aromatic heterocycles. The Labute approximate surface area is 117 Å². The lowest BCUT2D eigenvalue weighted by molar-refractivity contribution is 0.102. The van der Waals surface area contributed by atoms with Crippen molar-refractivity contribution in [1.29, 1.82) is 0 Å². The van der Waals surface area contributed by atoms with Gasteiger partial charge < -0.3 is 15.8 Å². The van der Waals surface area contributed by atoms with Crippen molar-refractivity contribution in [3.8, 4) is 5.75 Å². The fourth-order valence-corrected chi connectivity index (χ4v) is 1.68.